The molecule has 1 unspecified atom stereocenters. The summed E-state index contributed by atoms with van der Waals surface area (Å²) in [6.45, 7) is 0.569. The summed E-state index contributed by atoms with van der Waals surface area (Å²) in [5.41, 5.74) is 6.03. The number of nitrogens with two attached hydrogens (primary N) is 1. The molecule has 3 N–H and O–H groups in total. The zero-order chi connectivity index (χ0) is 14.0. The fourth-order valence-electron chi connectivity index (χ4n) is 2.18. The molecule has 1 aliphatic heterocycles. The van der Waals surface area contributed by atoms with Crippen molar-refractivity contribution >= 4 is 34.9 Å². The van der Waals surface area contributed by atoms with E-state index in [1.807, 2.05) is 0 Å². The molecule has 1 amide bonds. The molecule has 0 bridgehead atoms. The van der Waals surface area contributed by atoms with Gasteiger partial charge in [0.15, 0.2) is 5.84 Å². The van der Waals surface area contributed by atoms with Crippen molar-refractivity contribution in [1.29, 1.82) is 0 Å². The minimum Gasteiger partial charge on any atom is -0.409 e. The van der Waals surface area contributed by atoms with Crippen LogP contribution in [0.5, 0.6) is 0 Å². The van der Waals surface area contributed by atoms with Gasteiger partial charge in [0.25, 0.3) is 5.91 Å². The summed E-state index contributed by atoms with van der Waals surface area (Å²) in [7, 11) is 0. The SMILES string of the molecule is NC(=NO)C1CCCN1C(=O)c1ccc(Cl)c(Cl)c1. The lowest BCUT2D eigenvalue weighted by atomic mass is 10.1. The number of oxime groups is 1. The van der Waals surface area contributed by atoms with Crippen molar-refractivity contribution < 1.29 is 10.0 Å². The van der Waals surface area contributed by atoms with E-state index < -0.39 is 0 Å². The number of amidine groups is 1. The molecule has 1 saturated heterocycles. The van der Waals surface area contributed by atoms with E-state index in [1.165, 1.54) is 6.07 Å². The van der Waals surface area contributed by atoms with Crippen LogP contribution in [0.4, 0.5) is 0 Å². The Kier molecular flexibility index (Phi) is 4.17. The highest BCUT2D eigenvalue weighted by Gasteiger charge is 2.32. The summed E-state index contributed by atoms with van der Waals surface area (Å²) in [4.78, 5) is 14.0. The van der Waals surface area contributed by atoms with E-state index in [-0.39, 0.29) is 17.8 Å². The van der Waals surface area contributed by atoms with Crippen molar-refractivity contribution in [3.8, 4) is 0 Å². The number of rotatable bonds is 2. The van der Waals surface area contributed by atoms with Crippen molar-refractivity contribution in [1.82, 2.24) is 4.90 Å². The normalized spacial score (nSPS) is 19.8. The van der Waals surface area contributed by atoms with Crippen molar-refractivity contribution in [3.63, 3.8) is 0 Å². The second-order valence-corrected chi connectivity index (χ2v) is 5.12. The number of hydrogen-bond donors (Lipinski definition) is 2. The van der Waals surface area contributed by atoms with Crippen LogP contribution in [-0.4, -0.2) is 34.4 Å². The Hall–Kier alpha value is -1.46. The maximum atomic E-state index is 12.4. The Morgan fingerprint density at radius 3 is 2.79 bits per heavy atom. The summed E-state index contributed by atoms with van der Waals surface area (Å²) >= 11 is 11.7. The third-order valence-corrected chi connectivity index (χ3v) is 3.88. The minimum absolute atomic E-state index is 0.0471. The number of carbonyl (C=O) groups is 1. The lowest BCUT2D eigenvalue weighted by Crippen LogP contribution is -2.43. The quantitative estimate of drug-likeness (QED) is 0.381. The van der Waals surface area contributed by atoms with Crippen LogP contribution >= 0.6 is 23.2 Å². The van der Waals surface area contributed by atoms with Crippen molar-refractivity contribution in [3.05, 3.63) is 33.8 Å². The fourth-order valence-corrected chi connectivity index (χ4v) is 2.48. The Morgan fingerprint density at radius 2 is 2.16 bits per heavy atom. The maximum Gasteiger partial charge on any atom is 0.254 e. The van der Waals surface area contributed by atoms with Crippen LogP contribution in [0.2, 0.25) is 10.0 Å². The predicted octanol–water partition coefficient (Wildman–Crippen LogP) is 2.34. The summed E-state index contributed by atoms with van der Waals surface area (Å²) < 4.78 is 0. The topological polar surface area (TPSA) is 78.9 Å². The molecule has 7 heteroatoms. The van der Waals surface area contributed by atoms with E-state index in [2.05, 4.69) is 5.16 Å². The standard InChI is InChI=1S/C12H13Cl2N3O2/c13-8-4-3-7(6-9(8)14)12(18)17-5-1-2-10(17)11(15)16-19/h3-4,6,10,19H,1-2,5H2,(H2,15,16). The molecule has 1 fully saturated rings. The number of carbonyl (C=O) groups excluding carboxylic acids is 1. The van der Waals surface area contributed by atoms with Gasteiger partial charge in [-0.05, 0) is 31.0 Å². The van der Waals surface area contributed by atoms with Gasteiger partial charge in [-0.15, -0.1) is 0 Å². The number of amides is 1. The summed E-state index contributed by atoms with van der Waals surface area (Å²) in [5, 5.41) is 12.4. The van der Waals surface area contributed by atoms with Crippen LogP contribution in [0, 0.1) is 0 Å². The van der Waals surface area contributed by atoms with E-state index in [9.17, 15) is 4.79 Å². The molecule has 1 heterocycles. The Labute approximate surface area is 120 Å². The van der Waals surface area contributed by atoms with E-state index >= 15 is 0 Å². The summed E-state index contributed by atoms with van der Waals surface area (Å²) in [6, 6.07) is 4.34. The van der Waals surface area contributed by atoms with Gasteiger partial charge in [0, 0.05) is 12.1 Å². The molecule has 0 spiro atoms. The van der Waals surface area contributed by atoms with Crippen molar-refractivity contribution in [2.24, 2.45) is 10.9 Å². The highest BCUT2D eigenvalue weighted by molar-refractivity contribution is 6.42. The zero-order valence-electron chi connectivity index (χ0n) is 10.0. The van der Waals surface area contributed by atoms with Crippen molar-refractivity contribution in [2.75, 3.05) is 6.54 Å². The largest absolute Gasteiger partial charge is 0.409 e. The lowest BCUT2D eigenvalue weighted by molar-refractivity contribution is 0.0768. The molecule has 1 aliphatic rings. The average Bonchev–Trinajstić information content (AvgIpc) is 2.89. The summed E-state index contributed by atoms with van der Waals surface area (Å²) in [5.74, 6) is -0.154. The molecule has 0 aromatic heterocycles. The maximum absolute atomic E-state index is 12.4. The second-order valence-electron chi connectivity index (χ2n) is 4.31. The Balaban J connectivity index is 2.25. The second kappa shape index (κ2) is 5.67. The zero-order valence-corrected chi connectivity index (χ0v) is 11.5. The first-order valence-electron chi connectivity index (χ1n) is 5.78. The highest BCUT2D eigenvalue weighted by atomic mass is 35.5. The minimum atomic E-state index is -0.369. The number of halogens is 2. The lowest BCUT2D eigenvalue weighted by Gasteiger charge is -2.23. The van der Waals surface area contributed by atoms with Gasteiger partial charge in [-0.1, -0.05) is 28.4 Å². The third kappa shape index (κ3) is 2.77. The van der Waals surface area contributed by atoms with E-state index in [0.717, 1.165) is 6.42 Å². The Bertz CT molecular complexity index is 534. The molecule has 1 aromatic rings. The van der Waals surface area contributed by atoms with Gasteiger partial charge in [-0.25, -0.2) is 0 Å². The van der Waals surface area contributed by atoms with Crippen LogP contribution in [0.3, 0.4) is 0 Å². The predicted molar refractivity (Wildman–Crippen MR) is 73.9 cm³/mol. The first kappa shape index (κ1) is 14.0. The van der Waals surface area contributed by atoms with Crippen LogP contribution in [0.25, 0.3) is 0 Å². The van der Waals surface area contributed by atoms with Gasteiger partial charge < -0.3 is 15.8 Å². The van der Waals surface area contributed by atoms with Crippen molar-refractivity contribution in [2.45, 2.75) is 18.9 Å². The smallest absolute Gasteiger partial charge is 0.254 e. The number of hydrogen-bond acceptors (Lipinski definition) is 3. The molecule has 1 atom stereocenters. The molecular formula is C12H13Cl2N3O2. The first-order valence-corrected chi connectivity index (χ1v) is 6.53. The van der Waals surface area contributed by atoms with Gasteiger partial charge in [0.2, 0.25) is 0 Å². The fraction of sp³-hybridized carbons (Fsp3) is 0.333. The average molecular weight is 302 g/mol. The molecule has 1 aromatic carbocycles. The van der Waals surface area contributed by atoms with E-state index in [4.69, 9.17) is 34.1 Å². The number of benzene rings is 1. The van der Waals surface area contributed by atoms with Gasteiger partial charge in [0.05, 0.1) is 16.1 Å². The number of likely N-dealkylation sites (tertiary alicyclic amines) is 1. The summed E-state index contributed by atoms with van der Waals surface area (Å²) in [6.07, 6.45) is 1.50. The van der Waals surface area contributed by atoms with Crippen LogP contribution in [0.15, 0.2) is 23.4 Å². The van der Waals surface area contributed by atoms with Gasteiger partial charge in [-0.3, -0.25) is 4.79 Å². The molecule has 0 saturated carbocycles. The molecule has 2 rings (SSSR count). The molecule has 19 heavy (non-hydrogen) atoms. The van der Waals surface area contributed by atoms with Gasteiger partial charge >= 0.3 is 0 Å². The number of nitrogens with zero attached hydrogens (tertiary/aromatic N) is 2. The molecule has 0 aliphatic carbocycles. The molecule has 102 valence electrons. The van der Waals surface area contributed by atoms with Crippen LogP contribution in [0.1, 0.15) is 23.2 Å². The van der Waals surface area contributed by atoms with E-state index in [0.29, 0.717) is 28.6 Å². The molecular weight excluding hydrogens is 289 g/mol. The molecule has 5 nitrogen and oxygen atoms in total. The third-order valence-electron chi connectivity index (χ3n) is 3.14. The first-order chi connectivity index (χ1) is 9.04. The molecule has 0 radical (unpaired) electrons. The van der Waals surface area contributed by atoms with E-state index in [1.54, 1.807) is 17.0 Å². The highest BCUT2D eigenvalue weighted by Crippen LogP contribution is 2.25. The van der Waals surface area contributed by atoms with Gasteiger partial charge in [0.1, 0.15) is 0 Å². The van der Waals surface area contributed by atoms with Crippen LogP contribution < -0.4 is 5.73 Å². The monoisotopic (exact) mass is 301 g/mol. The Morgan fingerprint density at radius 1 is 1.42 bits per heavy atom. The van der Waals surface area contributed by atoms with Crippen LogP contribution in [-0.2, 0) is 0 Å². The van der Waals surface area contributed by atoms with Gasteiger partial charge in [-0.2, -0.15) is 0 Å².